The van der Waals surface area contributed by atoms with E-state index in [1.165, 1.54) is 0 Å². The molecule has 42 valence electrons. The Morgan fingerprint density at radius 2 is 1.50 bits per heavy atom. The molecule has 1 aromatic carbocycles. The van der Waals surface area contributed by atoms with Crippen LogP contribution >= 0.6 is 0 Å². The van der Waals surface area contributed by atoms with Crippen LogP contribution < -0.4 is 0 Å². The van der Waals surface area contributed by atoms with Crippen LogP contribution in [-0.2, 0) is 17.4 Å². The second-order valence-corrected chi connectivity index (χ2v) is 1.49. The Bertz CT molecular complexity index is 134. The first-order valence-electron chi connectivity index (χ1n) is 2.26. The molecule has 0 saturated carbocycles. The van der Waals surface area contributed by atoms with Crippen molar-refractivity contribution in [1.29, 1.82) is 0 Å². The van der Waals surface area contributed by atoms with Crippen LogP contribution in [0.2, 0.25) is 0 Å². The predicted octanol–water partition coefficient (Wildman–Crippen LogP) is 1.87. The van der Waals surface area contributed by atoms with Crippen molar-refractivity contribution < 1.29 is 17.4 Å². The van der Waals surface area contributed by atoms with E-state index >= 15 is 0 Å². The molecule has 1 heteroatoms. The van der Waals surface area contributed by atoms with E-state index < -0.39 is 0 Å². The van der Waals surface area contributed by atoms with Gasteiger partial charge < -0.3 is 0 Å². The molecule has 0 aliphatic carbocycles. The van der Waals surface area contributed by atoms with Gasteiger partial charge in [0.25, 0.3) is 0 Å². The molecule has 1 aromatic rings. The first-order chi connectivity index (χ1) is 3.39. The van der Waals surface area contributed by atoms with Crippen molar-refractivity contribution in [3.8, 4) is 0 Å². The van der Waals surface area contributed by atoms with E-state index in [0.717, 1.165) is 5.56 Å². The molecule has 0 heterocycles. The monoisotopic (exact) mass is 143 g/mol. The molecule has 0 radical (unpaired) electrons. The Morgan fingerprint density at radius 1 is 1.00 bits per heavy atom. The van der Waals surface area contributed by atoms with Crippen molar-refractivity contribution >= 4 is 0 Å². The maximum atomic E-state index is 3.72. The second kappa shape index (κ2) is 3.60. The van der Waals surface area contributed by atoms with Crippen LogP contribution in [0, 0.1) is 6.92 Å². The quantitative estimate of drug-likeness (QED) is 0.486. The Morgan fingerprint density at radius 3 is 1.75 bits per heavy atom. The number of rotatable bonds is 0. The number of hydrogen-bond donors (Lipinski definition) is 0. The molecule has 0 bridgehead atoms. The maximum absolute atomic E-state index is 3.72. The Labute approximate surface area is 60.7 Å². The van der Waals surface area contributed by atoms with Crippen molar-refractivity contribution in [1.82, 2.24) is 0 Å². The van der Waals surface area contributed by atoms with Crippen LogP contribution in [0.15, 0.2) is 30.3 Å². The molecule has 0 unspecified atom stereocenters. The molecule has 0 amide bonds. The van der Waals surface area contributed by atoms with Crippen molar-refractivity contribution in [3.05, 3.63) is 42.8 Å². The largest absolute Gasteiger partial charge is 0.199 e. The van der Waals surface area contributed by atoms with Crippen LogP contribution in [-0.4, -0.2) is 0 Å². The molecule has 8 heavy (non-hydrogen) atoms. The van der Waals surface area contributed by atoms with Crippen LogP contribution in [0.4, 0.5) is 0 Å². The van der Waals surface area contributed by atoms with Crippen molar-refractivity contribution in [3.63, 3.8) is 0 Å². The van der Waals surface area contributed by atoms with Gasteiger partial charge in [0.1, 0.15) is 0 Å². The first kappa shape index (κ1) is 7.62. The van der Waals surface area contributed by atoms with Gasteiger partial charge in [0, 0.05) is 17.4 Å². The predicted molar refractivity (Wildman–Crippen MR) is 30.9 cm³/mol. The minimum absolute atomic E-state index is 0. The summed E-state index contributed by atoms with van der Waals surface area (Å²) < 4.78 is 0. The van der Waals surface area contributed by atoms with Gasteiger partial charge in [-0.3, -0.25) is 0 Å². The van der Waals surface area contributed by atoms with Crippen LogP contribution in [0.25, 0.3) is 0 Å². The second-order valence-electron chi connectivity index (χ2n) is 1.49. The van der Waals surface area contributed by atoms with Gasteiger partial charge in [-0.05, 0) is 0 Å². The Balaban J connectivity index is 0.000000490. The van der Waals surface area contributed by atoms with Gasteiger partial charge in [-0.1, -0.05) is 6.07 Å². The summed E-state index contributed by atoms with van der Waals surface area (Å²) in [7, 11) is 0. The molecule has 0 atom stereocenters. The van der Waals surface area contributed by atoms with E-state index in [2.05, 4.69) is 6.92 Å². The van der Waals surface area contributed by atoms with Gasteiger partial charge in [-0.25, -0.2) is 0 Å². The standard InChI is InChI=1S/C7H7.Cr/c1-7-5-3-2-4-6-7;/h2-6H,1H2;/q-1;. The summed E-state index contributed by atoms with van der Waals surface area (Å²) in [6.07, 6.45) is 0. The molecule has 0 nitrogen and oxygen atoms in total. The molecule has 0 N–H and O–H groups in total. The zero-order valence-electron chi connectivity index (χ0n) is 4.50. The summed E-state index contributed by atoms with van der Waals surface area (Å²) in [5, 5.41) is 0. The van der Waals surface area contributed by atoms with E-state index in [4.69, 9.17) is 0 Å². The van der Waals surface area contributed by atoms with E-state index in [-0.39, 0.29) is 17.4 Å². The summed E-state index contributed by atoms with van der Waals surface area (Å²) in [6.45, 7) is 3.72. The van der Waals surface area contributed by atoms with Crippen LogP contribution in [0.3, 0.4) is 0 Å². The number of hydrogen-bond acceptors (Lipinski definition) is 0. The number of benzene rings is 1. The van der Waals surface area contributed by atoms with Crippen molar-refractivity contribution in [2.75, 3.05) is 0 Å². The fourth-order valence-electron chi connectivity index (χ4n) is 0.478. The Hall–Kier alpha value is -0.378. The van der Waals surface area contributed by atoms with Gasteiger partial charge in [0.2, 0.25) is 0 Å². The summed E-state index contributed by atoms with van der Waals surface area (Å²) in [5.41, 5.74) is 1.07. The first-order valence-corrected chi connectivity index (χ1v) is 2.26. The molecule has 0 spiro atoms. The summed E-state index contributed by atoms with van der Waals surface area (Å²) in [5.74, 6) is 0. The van der Waals surface area contributed by atoms with Gasteiger partial charge >= 0.3 is 0 Å². The summed E-state index contributed by atoms with van der Waals surface area (Å²) in [4.78, 5) is 0. The van der Waals surface area contributed by atoms with Crippen molar-refractivity contribution in [2.24, 2.45) is 0 Å². The molecule has 0 aromatic heterocycles. The molecular weight excluding hydrogens is 136 g/mol. The fourth-order valence-corrected chi connectivity index (χ4v) is 0.478. The van der Waals surface area contributed by atoms with E-state index in [1.807, 2.05) is 30.3 Å². The third-order valence-electron chi connectivity index (χ3n) is 0.843. The van der Waals surface area contributed by atoms with Crippen LogP contribution in [0.1, 0.15) is 5.56 Å². The van der Waals surface area contributed by atoms with E-state index in [0.29, 0.717) is 0 Å². The normalized spacial score (nSPS) is 7.50. The SMILES string of the molecule is [CH2-]c1ccccc1.[Cr]. The topological polar surface area (TPSA) is 0 Å². The molecule has 1 rings (SSSR count). The third kappa shape index (κ3) is 2.07. The van der Waals surface area contributed by atoms with E-state index in [9.17, 15) is 0 Å². The summed E-state index contributed by atoms with van der Waals surface area (Å²) in [6, 6.07) is 9.87. The average molecular weight is 143 g/mol. The molecule has 0 aliphatic heterocycles. The van der Waals surface area contributed by atoms with Gasteiger partial charge in [-0.2, -0.15) is 24.6 Å². The van der Waals surface area contributed by atoms with Gasteiger partial charge in [0.05, 0.1) is 0 Å². The molecule has 0 fully saturated rings. The zero-order chi connectivity index (χ0) is 5.11. The Kier molecular flexibility index (Phi) is 3.43. The van der Waals surface area contributed by atoms with Gasteiger partial charge in [-0.15, -0.1) is 12.1 Å². The van der Waals surface area contributed by atoms with E-state index in [1.54, 1.807) is 0 Å². The minimum atomic E-state index is 0. The molecule has 0 aliphatic rings. The maximum Gasteiger partial charge on any atom is 0 e. The molecular formula is C7H7Cr-. The van der Waals surface area contributed by atoms with Crippen LogP contribution in [0.5, 0.6) is 0 Å². The third-order valence-corrected chi connectivity index (χ3v) is 0.843. The zero-order valence-corrected chi connectivity index (χ0v) is 5.78. The fraction of sp³-hybridized carbons (Fsp3) is 0. The summed E-state index contributed by atoms with van der Waals surface area (Å²) >= 11 is 0. The van der Waals surface area contributed by atoms with Gasteiger partial charge in [0.15, 0.2) is 0 Å². The molecule has 0 saturated heterocycles. The smallest absolute Gasteiger partial charge is 0 e. The average Bonchev–Trinajstić information content (AvgIpc) is 1.69. The minimum Gasteiger partial charge on any atom is -0.199 e. The van der Waals surface area contributed by atoms with Crippen molar-refractivity contribution in [2.45, 2.75) is 0 Å².